The first-order valence-electron chi connectivity index (χ1n) is 7.40. The molecule has 20 heavy (non-hydrogen) atoms. The van der Waals surface area contributed by atoms with Crippen molar-refractivity contribution in [3.63, 3.8) is 0 Å². The van der Waals surface area contributed by atoms with Gasteiger partial charge in [0.15, 0.2) is 0 Å². The normalized spacial score (nSPS) is 27.2. The van der Waals surface area contributed by atoms with Gasteiger partial charge in [0.25, 0.3) is 5.91 Å². The SMILES string of the molecule is CN1CCCC2CN(C(=O)c3ccc(Br)cc3)CCC21. The molecule has 1 amide bonds. The second kappa shape index (κ2) is 5.86. The highest BCUT2D eigenvalue weighted by molar-refractivity contribution is 9.10. The fourth-order valence-electron chi connectivity index (χ4n) is 3.61. The molecule has 4 heteroatoms. The standard InChI is InChI=1S/C16H21BrN2O/c1-18-9-2-3-13-11-19(10-8-15(13)18)16(20)12-4-6-14(17)7-5-12/h4-7,13,15H,2-3,8-11H2,1H3. The van der Waals surface area contributed by atoms with Crippen LogP contribution in [0.3, 0.4) is 0 Å². The van der Waals surface area contributed by atoms with Crippen LogP contribution >= 0.6 is 15.9 Å². The maximum absolute atomic E-state index is 12.6. The van der Waals surface area contributed by atoms with Crippen molar-refractivity contribution in [2.75, 3.05) is 26.7 Å². The van der Waals surface area contributed by atoms with Gasteiger partial charge in [0.1, 0.15) is 0 Å². The molecular weight excluding hydrogens is 316 g/mol. The van der Waals surface area contributed by atoms with Crippen molar-refractivity contribution in [2.45, 2.75) is 25.3 Å². The maximum atomic E-state index is 12.6. The summed E-state index contributed by atoms with van der Waals surface area (Å²) in [5.74, 6) is 0.839. The molecule has 2 saturated heterocycles. The van der Waals surface area contributed by atoms with Crippen LogP contribution in [-0.4, -0.2) is 48.4 Å². The summed E-state index contributed by atoms with van der Waals surface area (Å²) in [5.41, 5.74) is 0.802. The number of fused-ring (bicyclic) bond motifs is 1. The van der Waals surface area contributed by atoms with E-state index < -0.39 is 0 Å². The molecule has 0 N–H and O–H groups in total. The van der Waals surface area contributed by atoms with Crippen molar-refractivity contribution >= 4 is 21.8 Å². The second-order valence-corrected chi connectivity index (χ2v) is 6.91. The lowest BCUT2D eigenvalue weighted by Crippen LogP contribution is -2.53. The molecule has 0 aliphatic carbocycles. The number of likely N-dealkylation sites (tertiary alicyclic amines) is 2. The third kappa shape index (κ3) is 2.77. The van der Waals surface area contributed by atoms with Crippen LogP contribution in [0, 0.1) is 5.92 Å². The van der Waals surface area contributed by atoms with Crippen molar-refractivity contribution in [1.29, 1.82) is 0 Å². The average molecular weight is 337 g/mol. The molecule has 0 bridgehead atoms. The highest BCUT2D eigenvalue weighted by Gasteiger charge is 2.35. The minimum Gasteiger partial charge on any atom is -0.338 e. The third-order valence-electron chi connectivity index (χ3n) is 4.72. The van der Waals surface area contributed by atoms with E-state index in [-0.39, 0.29) is 5.91 Å². The fourth-order valence-corrected chi connectivity index (χ4v) is 3.88. The first-order chi connectivity index (χ1) is 9.65. The number of rotatable bonds is 1. The van der Waals surface area contributed by atoms with Gasteiger partial charge in [0, 0.05) is 29.2 Å². The van der Waals surface area contributed by atoms with Gasteiger partial charge in [-0.25, -0.2) is 0 Å². The van der Waals surface area contributed by atoms with Crippen molar-refractivity contribution in [2.24, 2.45) is 5.92 Å². The number of benzene rings is 1. The van der Waals surface area contributed by atoms with Gasteiger partial charge in [0.2, 0.25) is 0 Å². The number of carbonyl (C=O) groups excluding carboxylic acids is 1. The summed E-state index contributed by atoms with van der Waals surface area (Å²) in [4.78, 5) is 17.1. The summed E-state index contributed by atoms with van der Waals surface area (Å²) in [6, 6.07) is 8.37. The topological polar surface area (TPSA) is 23.6 Å². The van der Waals surface area contributed by atoms with Crippen LogP contribution in [-0.2, 0) is 0 Å². The monoisotopic (exact) mass is 336 g/mol. The summed E-state index contributed by atoms with van der Waals surface area (Å²) in [6.07, 6.45) is 3.64. The van der Waals surface area contributed by atoms with Gasteiger partial charge in [-0.3, -0.25) is 4.79 Å². The summed E-state index contributed by atoms with van der Waals surface area (Å²) in [5, 5.41) is 0. The first-order valence-corrected chi connectivity index (χ1v) is 8.19. The Morgan fingerprint density at radius 1 is 1.20 bits per heavy atom. The Balaban J connectivity index is 1.69. The Hall–Kier alpha value is -0.870. The first kappa shape index (κ1) is 14.1. The van der Waals surface area contributed by atoms with Crippen LogP contribution in [0.2, 0.25) is 0 Å². The Bertz CT molecular complexity index is 488. The number of amides is 1. The Morgan fingerprint density at radius 3 is 2.70 bits per heavy atom. The van der Waals surface area contributed by atoms with Crippen LogP contribution in [0.4, 0.5) is 0 Å². The van der Waals surface area contributed by atoms with E-state index in [1.54, 1.807) is 0 Å². The third-order valence-corrected chi connectivity index (χ3v) is 5.25. The van der Waals surface area contributed by atoms with E-state index in [4.69, 9.17) is 0 Å². The summed E-state index contributed by atoms with van der Waals surface area (Å²) in [7, 11) is 2.23. The molecule has 2 heterocycles. The highest BCUT2D eigenvalue weighted by atomic mass is 79.9. The van der Waals surface area contributed by atoms with Crippen LogP contribution < -0.4 is 0 Å². The van der Waals surface area contributed by atoms with Crippen molar-refractivity contribution in [3.05, 3.63) is 34.3 Å². The molecule has 2 aliphatic heterocycles. The van der Waals surface area contributed by atoms with Gasteiger partial charge in [0.05, 0.1) is 0 Å². The largest absolute Gasteiger partial charge is 0.338 e. The minimum atomic E-state index is 0.184. The minimum absolute atomic E-state index is 0.184. The molecule has 2 unspecified atom stereocenters. The van der Waals surface area contributed by atoms with E-state index in [1.165, 1.54) is 19.4 Å². The Labute approximate surface area is 129 Å². The number of nitrogens with zero attached hydrogens (tertiary/aromatic N) is 2. The molecule has 2 atom stereocenters. The van der Waals surface area contributed by atoms with E-state index in [9.17, 15) is 4.79 Å². The Morgan fingerprint density at radius 2 is 1.95 bits per heavy atom. The molecule has 0 radical (unpaired) electrons. The lowest BCUT2D eigenvalue weighted by Gasteiger charge is -2.46. The molecule has 1 aromatic rings. The number of halogens is 1. The number of carbonyl (C=O) groups is 1. The van der Waals surface area contributed by atoms with Gasteiger partial charge >= 0.3 is 0 Å². The molecule has 3 nitrogen and oxygen atoms in total. The summed E-state index contributed by atoms with van der Waals surface area (Å²) in [6.45, 7) is 3.02. The van der Waals surface area contributed by atoms with Gasteiger partial charge in [-0.15, -0.1) is 0 Å². The van der Waals surface area contributed by atoms with E-state index in [0.717, 1.165) is 29.5 Å². The summed E-state index contributed by atoms with van der Waals surface area (Å²) >= 11 is 3.41. The molecule has 0 spiro atoms. The molecular formula is C16H21BrN2O. The van der Waals surface area contributed by atoms with Crippen LogP contribution in [0.1, 0.15) is 29.6 Å². The highest BCUT2D eigenvalue weighted by Crippen LogP contribution is 2.30. The predicted octanol–water partition coefficient (Wildman–Crippen LogP) is 3.01. The van der Waals surface area contributed by atoms with E-state index >= 15 is 0 Å². The lowest BCUT2D eigenvalue weighted by atomic mass is 9.84. The van der Waals surface area contributed by atoms with E-state index in [1.807, 2.05) is 29.2 Å². The molecule has 3 rings (SSSR count). The lowest BCUT2D eigenvalue weighted by molar-refractivity contribution is 0.0317. The zero-order chi connectivity index (χ0) is 14.1. The second-order valence-electron chi connectivity index (χ2n) is 6.00. The van der Waals surface area contributed by atoms with E-state index in [2.05, 4.69) is 27.9 Å². The van der Waals surface area contributed by atoms with E-state index in [0.29, 0.717) is 12.0 Å². The number of hydrogen-bond acceptors (Lipinski definition) is 2. The van der Waals surface area contributed by atoms with Gasteiger partial charge in [-0.1, -0.05) is 15.9 Å². The Kier molecular flexibility index (Phi) is 4.13. The average Bonchev–Trinajstić information content (AvgIpc) is 2.47. The maximum Gasteiger partial charge on any atom is 0.253 e. The van der Waals surface area contributed by atoms with Gasteiger partial charge in [-0.05, 0) is 63.0 Å². The molecule has 2 aliphatic rings. The number of piperidine rings is 2. The quantitative estimate of drug-likeness (QED) is 0.787. The zero-order valence-electron chi connectivity index (χ0n) is 11.9. The van der Waals surface area contributed by atoms with Crippen LogP contribution in [0.5, 0.6) is 0 Å². The molecule has 2 fully saturated rings. The summed E-state index contributed by atoms with van der Waals surface area (Å²) < 4.78 is 1.02. The zero-order valence-corrected chi connectivity index (χ0v) is 13.5. The smallest absolute Gasteiger partial charge is 0.253 e. The van der Waals surface area contributed by atoms with Crippen molar-refractivity contribution < 1.29 is 4.79 Å². The molecule has 1 aromatic carbocycles. The predicted molar refractivity (Wildman–Crippen MR) is 83.8 cm³/mol. The van der Waals surface area contributed by atoms with Gasteiger partial charge < -0.3 is 9.80 Å². The number of hydrogen-bond donors (Lipinski definition) is 0. The van der Waals surface area contributed by atoms with Crippen molar-refractivity contribution in [1.82, 2.24) is 9.80 Å². The van der Waals surface area contributed by atoms with Gasteiger partial charge in [-0.2, -0.15) is 0 Å². The van der Waals surface area contributed by atoms with Crippen LogP contribution in [0.25, 0.3) is 0 Å². The molecule has 108 valence electrons. The van der Waals surface area contributed by atoms with Crippen molar-refractivity contribution in [3.8, 4) is 0 Å². The molecule has 0 aromatic heterocycles. The molecule has 0 saturated carbocycles. The fraction of sp³-hybridized carbons (Fsp3) is 0.562. The van der Waals surface area contributed by atoms with Crippen LogP contribution in [0.15, 0.2) is 28.7 Å².